The van der Waals surface area contributed by atoms with Gasteiger partial charge in [0.2, 0.25) is 5.91 Å². The van der Waals surface area contributed by atoms with E-state index in [1.807, 2.05) is 30.3 Å². The molecule has 0 unspecified atom stereocenters. The standard InChI is InChI=1S/C19H19NO5/c21-18(22)12-25-14-5-3-4-13(10-14)11-20-19(23)16-8-9-24-17-7-2-1-6-15(16)17/h1-7,10,16H,8-9,11-12H2,(H,20,23)(H,21,22)/t16-/m0/s1. The molecule has 3 rings (SSSR count). The van der Waals surface area contributed by atoms with Gasteiger partial charge in [-0.15, -0.1) is 0 Å². The van der Waals surface area contributed by atoms with Gasteiger partial charge in [-0.25, -0.2) is 4.79 Å². The third-order valence-electron chi connectivity index (χ3n) is 4.00. The summed E-state index contributed by atoms with van der Waals surface area (Å²) >= 11 is 0. The lowest BCUT2D eigenvalue weighted by Crippen LogP contribution is -2.32. The van der Waals surface area contributed by atoms with Gasteiger partial charge < -0.3 is 19.9 Å². The Kier molecular flexibility index (Phi) is 5.18. The maximum Gasteiger partial charge on any atom is 0.341 e. The maximum absolute atomic E-state index is 12.6. The third kappa shape index (κ3) is 4.29. The minimum Gasteiger partial charge on any atom is -0.493 e. The van der Waals surface area contributed by atoms with Crippen LogP contribution < -0.4 is 14.8 Å². The summed E-state index contributed by atoms with van der Waals surface area (Å²) in [6.45, 7) is 0.477. The molecule has 6 nitrogen and oxygen atoms in total. The lowest BCUT2D eigenvalue weighted by atomic mass is 9.92. The number of carbonyl (C=O) groups is 2. The molecular formula is C19H19NO5. The molecule has 1 heterocycles. The van der Waals surface area contributed by atoms with Crippen molar-refractivity contribution in [2.24, 2.45) is 0 Å². The predicted octanol–water partition coefficient (Wildman–Crippen LogP) is 2.33. The van der Waals surface area contributed by atoms with E-state index in [2.05, 4.69) is 5.32 Å². The quantitative estimate of drug-likeness (QED) is 0.842. The predicted molar refractivity (Wildman–Crippen MR) is 90.7 cm³/mol. The number of hydrogen-bond acceptors (Lipinski definition) is 4. The fraction of sp³-hybridized carbons (Fsp3) is 0.263. The highest BCUT2D eigenvalue weighted by Crippen LogP contribution is 2.33. The number of carboxylic acid groups (broad SMARTS) is 1. The van der Waals surface area contributed by atoms with Gasteiger partial charge in [-0.2, -0.15) is 0 Å². The fourth-order valence-corrected chi connectivity index (χ4v) is 2.82. The zero-order valence-corrected chi connectivity index (χ0v) is 13.6. The summed E-state index contributed by atoms with van der Waals surface area (Å²) in [6.07, 6.45) is 0.643. The Balaban J connectivity index is 1.61. The van der Waals surface area contributed by atoms with Crippen LogP contribution in [0.15, 0.2) is 48.5 Å². The molecule has 0 fully saturated rings. The average molecular weight is 341 g/mol. The van der Waals surface area contributed by atoms with E-state index in [9.17, 15) is 9.59 Å². The molecule has 0 radical (unpaired) electrons. The molecule has 0 bridgehead atoms. The molecule has 2 aromatic carbocycles. The number of benzene rings is 2. The number of carbonyl (C=O) groups excluding carboxylic acids is 1. The molecule has 130 valence electrons. The second-order valence-electron chi connectivity index (χ2n) is 5.78. The second-order valence-corrected chi connectivity index (χ2v) is 5.78. The maximum atomic E-state index is 12.6. The lowest BCUT2D eigenvalue weighted by molar-refractivity contribution is -0.139. The van der Waals surface area contributed by atoms with Crippen LogP contribution in [0.1, 0.15) is 23.5 Å². The molecule has 1 amide bonds. The highest BCUT2D eigenvalue weighted by Gasteiger charge is 2.27. The number of rotatable bonds is 6. The highest BCUT2D eigenvalue weighted by atomic mass is 16.5. The number of nitrogens with one attached hydrogen (secondary N) is 1. The highest BCUT2D eigenvalue weighted by molar-refractivity contribution is 5.84. The van der Waals surface area contributed by atoms with Crippen LogP contribution in [0, 0.1) is 0 Å². The molecule has 0 aliphatic carbocycles. The van der Waals surface area contributed by atoms with Crippen LogP contribution in [-0.2, 0) is 16.1 Å². The largest absolute Gasteiger partial charge is 0.493 e. The van der Waals surface area contributed by atoms with Crippen LogP contribution in [0.5, 0.6) is 11.5 Å². The molecule has 1 aliphatic rings. The number of amides is 1. The molecule has 1 atom stereocenters. The van der Waals surface area contributed by atoms with Crippen molar-refractivity contribution in [3.63, 3.8) is 0 Å². The number of hydrogen-bond donors (Lipinski definition) is 2. The Morgan fingerprint density at radius 3 is 2.88 bits per heavy atom. The van der Waals surface area contributed by atoms with E-state index in [0.717, 1.165) is 16.9 Å². The third-order valence-corrected chi connectivity index (χ3v) is 4.00. The van der Waals surface area contributed by atoms with Crippen molar-refractivity contribution in [1.29, 1.82) is 0 Å². The molecule has 25 heavy (non-hydrogen) atoms. The number of aliphatic carboxylic acids is 1. The van der Waals surface area contributed by atoms with Crippen molar-refractivity contribution in [3.8, 4) is 11.5 Å². The normalized spacial score (nSPS) is 15.6. The number of carboxylic acids is 1. The zero-order valence-electron chi connectivity index (χ0n) is 13.6. The van der Waals surface area contributed by atoms with Crippen LogP contribution in [0.2, 0.25) is 0 Å². The van der Waals surface area contributed by atoms with E-state index in [1.54, 1.807) is 18.2 Å². The first-order valence-corrected chi connectivity index (χ1v) is 8.06. The van der Waals surface area contributed by atoms with E-state index in [0.29, 0.717) is 25.3 Å². The van der Waals surface area contributed by atoms with E-state index < -0.39 is 12.6 Å². The van der Waals surface area contributed by atoms with Gasteiger partial charge in [0.15, 0.2) is 6.61 Å². The van der Waals surface area contributed by atoms with Gasteiger partial charge in [-0.05, 0) is 30.2 Å². The Morgan fingerprint density at radius 2 is 2.04 bits per heavy atom. The van der Waals surface area contributed by atoms with Gasteiger partial charge in [-0.1, -0.05) is 30.3 Å². The molecule has 2 N–H and O–H groups in total. The Labute approximate surface area is 145 Å². The van der Waals surface area contributed by atoms with Gasteiger partial charge >= 0.3 is 5.97 Å². The molecule has 6 heteroatoms. The van der Waals surface area contributed by atoms with E-state index in [4.69, 9.17) is 14.6 Å². The summed E-state index contributed by atoms with van der Waals surface area (Å²) in [5.74, 6) is -0.0792. The van der Waals surface area contributed by atoms with Gasteiger partial charge in [-0.3, -0.25) is 4.79 Å². The Hall–Kier alpha value is -3.02. The topological polar surface area (TPSA) is 84.9 Å². The first-order valence-electron chi connectivity index (χ1n) is 8.06. The van der Waals surface area contributed by atoms with E-state index in [-0.39, 0.29) is 11.8 Å². The Morgan fingerprint density at radius 1 is 1.20 bits per heavy atom. The minimum absolute atomic E-state index is 0.0485. The van der Waals surface area contributed by atoms with Crippen molar-refractivity contribution < 1.29 is 24.2 Å². The first-order chi connectivity index (χ1) is 12.1. The summed E-state index contributed by atoms with van der Waals surface area (Å²) < 4.78 is 10.7. The summed E-state index contributed by atoms with van der Waals surface area (Å²) in [5.41, 5.74) is 1.75. The molecule has 0 saturated carbocycles. The zero-order chi connectivity index (χ0) is 17.6. The van der Waals surface area contributed by atoms with Crippen LogP contribution in [0.25, 0.3) is 0 Å². The summed E-state index contributed by atoms with van der Waals surface area (Å²) in [7, 11) is 0. The number of ether oxygens (including phenoxy) is 2. The summed E-state index contributed by atoms with van der Waals surface area (Å²) in [6, 6.07) is 14.6. The van der Waals surface area contributed by atoms with Crippen molar-refractivity contribution in [2.75, 3.05) is 13.2 Å². The Bertz CT molecular complexity index is 774. The average Bonchev–Trinajstić information content (AvgIpc) is 2.64. The lowest BCUT2D eigenvalue weighted by Gasteiger charge is -2.25. The second kappa shape index (κ2) is 7.70. The SMILES string of the molecule is O=C(O)COc1cccc(CNC(=O)[C@H]2CCOc3ccccc32)c1. The number of para-hydroxylation sites is 1. The molecule has 0 spiro atoms. The van der Waals surface area contributed by atoms with Crippen molar-refractivity contribution in [1.82, 2.24) is 5.32 Å². The molecule has 2 aromatic rings. The summed E-state index contributed by atoms with van der Waals surface area (Å²) in [5, 5.41) is 11.6. The first kappa shape index (κ1) is 16.8. The van der Waals surface area contributed by atoms with Gasteiger partial charge in [0.25, 0.3) is 0 Å². The fourth-order valence-electron chi connectivity index (χ4n) is 2.82. The molecule has 1 aliphatic heterocycles. The van der Waals surface area contributed by atoms with Gasteiger partial charge in [0.05, 0.1) is 12.5 Å². The summed E-state index contributed by atoms with van der Waals surface area (Å²) in [4.78, 5) is 23.1. The number of fused-ring (bicyclic) bond motifs is 1. The van der Waals surface area contributed by atoms with E-state index >= 15 is 0 Å². The van der Waals surface area contributed by atoms with Crippen LogP contribution >= 0.6 is 0 Å². The van der Waals surface area contributed by atoms with Crippen LogP contribution in [-0.4, -0.2) is 30.2 Å². The van der Waals surface area contributed by atoms with Crippen LogP contribution in [0.3, 0.4) is 0 Å². The smallest absolute Gasteiger partial charge is 0.341 e. The molecule has 0 saturated heterocycles. The van der Waals surface area contributed by atoms with Crippen molar-refractivity contribution in [2.45, 2.75) is 18.9 Å². The monoisotopic (exact) mass is 341 g/mol. The van der Waals surface area contributed by atoms with Gasteiger partial charge in [0.1, 0.15) is 11.5 Å². The van der Waals surface area contributed by atoms with Crippen LogP contribution in [0.4, 0.5) is 0 Å². The van der Waals surface area contributed by atoms with Crippen molar-refractivity contribution >= 4 is 11.9 Å². The van der Waals surface area contributed by atoms with E-state index in [1.165, 1.54) is 0 Å². The van der Waals surface area contributed by atoms with Crippen molar-refractivity contribution in [3.05, 3.63) is 59.7 Å². The minimum atomic E-state index is -1.03. The van der Waals surface area contributed by atoms with Gasteiger partial charge in [0, 0.05) is 12.1 Å². The molecule has 0 aromatic heterocycles. The molecular weight excluding hydrogens is 322 g/mol.